The summed E-state index contributed by atoms with van der Waals surface area (Å²) < 4.78 is 46.9. The Morgan fingerprint density at radius 1 is 1.10 bits per heavy atom. The third kappa shape index (κ3) is 3.25. The Balaban J connectivity index is 1.94. The zero-order chi connectivity index (χ0) is 21.6. The summed E-state index contributed by atoms with van der Waals surface area (Å²) in [6.45, 7) is -0.500. The molecule has 0 saturated carbocycles. The van der Waals surface area contributed by atoms with E-state index in [9.17, 15) is 22.8 Å². The van der Waals surface area contributed by atoms with E-state index in [1.54, 1.807) is 24.3 Å². The number of aliphatic carboxylic acids is 1. The number of ether oxygens (including phenoxy) is 1. The normalized spacial score (nSPS) is 11.9. The van der Waals surface area contributed by atoms with E-state index < -0.39 is 29.9 Å². The molecule has 0 aliphatic rings. The van der Waals surface area contributed by atoms with Crippen LogP contribution in [0.15, 0.2) is 53.3 Å². The number of aromatic nitrogens is 3. The van der Waals surface area contributed by atoms with Gasteiger partial charge in [-0.3, -0.25) is 14.2 Å². The van der Waals surface area contributed by atoms with Gasteiger partial charge in [0.15, 0.2) is 5.69 Å². The summed E-state index contributed by atoms with van der Waals surface area (Å²) in [5, 5.41) is 13.2. The van der Waals surface area contributed by atoms with Crippen molar-refractivity contribution in [2.75, 3.05) is 7.11 Å². The number of benzene rings is 1. The number of fused-ring (bicyclic) bond motifs is 2. The van der Waals surface area contributed by atoms with Crippen molar-refractivity contribution in [3.05, 3.63) is 64.6 Å². The molecule has 0 unspecified atom stereocenters. The molecule has 0 spiro atoms. The fourth-order valence-electron chi connectivity index (χ4n) is 3.36. The number of hydrogen-bond acceptors (Lipinski definition) is 4. The number of carboxylic acid groups (broad SMARTS) is 1. The number of alkyl halides is 3. The lowest BCUT2D eigenvalue weighted by atomic mass is 10.0. The van der Waals surface area contributed by atoms with Gasteiger partial charge in [0.2, 0.25) is 5.88 Å². The quantitative estimate of drug-likeness (QED) is 0.550. The van der Waals surface area contributed by atoms with Crippen LogP contribution in [0.1, 0.15) is 5.69 Å². The largest absolute Gasteiger partial charge is 0.481 e. The molecule has 0 fully saturated rings. The summed E-state index contributed by atoms with van der Waals surface area (Å²) in [6.07, 6.45) is -4.62. The van der Waals surface area contributed by atoms with Crippen molar-refractivity contribution in [2.24, 2.45) is 0 Å². The molecule has 4 aromatic rings. The number of pyridine rings is 2. The fraction of sp³-hybridized carbons (Fsp3) is 0.150. The number of methoxy groups -OCH3 is 1. The summed E-state index contributed by atoms with van der Waals surface area (Å²) in [5.41, 5.74) is 0.128. The van der Waals surface area contributed by atoms with E-state index in [-0.39, 0.29) is 11.4 Å². The van der Waals surface area contributed by atoms with Gasteiger partial charge in [0.25, 0.3) is 5.56 Å². The standard InChI is InChI=1S/C20H14F3N3O4/c1-30-18-7-4-13(15-9-16(20(21,22)23)24-26(15)18)11-2-5-14-12(8-11)3-6-17(27)25(14)10-19(28)29/h2-9H,10H2,1H3,(H,28,29). The average Bonchev–Trinajstić information content (AvgIpc) is 3.15. The molecule has 0 saturated heterocycles. The van der Waals surface area contributed by atoms with E-state index in [1.165, 1.54) is 25.3 Å². The van der Waals surface area contributed by atoms with Crippen molar-refractivity contribution in [3.8, 4) is 17.0 Å². The van der Waals surface area contributed by atoms with Gasteiger partial charge in [0, 0.05) is 17.7 Å². The van der Waals surface area contributed by atoms with Crippen LogP contribution in [0.2, 0.25) is 0 Å². The van der Waals surface area contributed by atoms with Crippen LogP contribution >= 0.6 is 0 Å². The Kier molecular flexibility index (Phi) is 4.49. The van der Waals surface area contributed by atoms with E-state index in [1.807, 2.05) is 0 Å². The number of hydrogen-bond donors (Lipinski definition) is 1. The van der Waals surface area contributed by atoms with Gasteiger partial charge in [-0.15, -0.1) is 0 Å². The highest BCUT2D eigenvalue weighted by molar-refractivity contribution is 5.89. The number of halogens is 3. The monoisotopic (exact) mass is 417 g/mol. The van der Waals surface area contributed by atoms with Crippen LogP contribution in [0, 0.1) is 0 Å². The van der Waals surface area contributed by atoms with Gasteiger partial charge >= 0.3 is 12.1 Å². The predicted octanol–water partition coefficient (Wildman–Crippen LogP) is 3.43. The lowest BCUT2D eigenvalue weighted by Crippen LogP contribution is -2.23. The molecule has 0 bridgehead atoms. The second-order valence-corrected chi connectivity index (χ2v) is 6.54. The molecular weight excluding hydrogens is 403 g/mol. The predicted molar refractivity (Wildman–Crippen MR) is 102 cm³/mol. The maximum absolute atomic E-state index is 13.2. The van der Waals surface area contributed by atoms with E-state index in [4.69, 9.17) is 9.84 Å². The summed E-state index contributed by atoms with van der Waals surface area (Å²) >= 11 is 0. The zero-order valence-corrected chi connectivity index (χ0v) is 15.5. The first kappa shape index (κ1) is 19.5. The molecule has 0 aliphatic heterocycles. The minimum Gasteiger partial charge on any atom is -0.481 e. The van der Waals surface area contributed by atoms with Crippen LogP contribution in [0.5, 0.6) is 5.88 Å². The molecule has 3 heterocycles. The van der Waals surface area contributed by atoms with Gasteiger partial charge in [-0.05, 0) is 41.3 Å². The number of carboxylic acids is 1. The summed E-state index contributed by atoms with van der Waals surface area (Å²) in [7, 11) is 1.33. The first-order valence-corrected chi connectivity index (χ1v) is 8.69. The first-order chi connectivity index (χ1) is 14.2. The van der Waals surface area contributed by atoms with Gasteiger partial charge in [-0.1, -0.05) is 6.07 Å². The highest BCUT2D eigenvalue weighted by Crippen LogP contribution is 2.35. The maximum Gasteiger partial charge on any atom is 0.435 e. The minimum absolute atomic E-state index is 0.139. The molecule has 30 heavy (non-hydrogen) atoms. The summed E-state index contributed by atoms with van der Waals surface area (Å²) in [4.78, 5) is 23.1. The molecule has 1 aromatic carbocycles. The van der Waals surface area contributed by atoms with Crippen LogP contribution in [0.25, 0.3) is 27.5 Å². The van der Waals surface area contributed by atoms with Gasteiger partial charge < -0.3 is 9.84 Å². The molecule has 1 N–H and O–H groups in total. The first-order valence-electron chi connectivity index (χ1n) is 8.69. The molecule has 154 valence electrons. The van der Waals surface area contributed by atoms with Gasteiger partial charge in [0.1, 0.15) is 6.54 Å². The lowest BCUT2D eigenvalue weighted by molar-refractivity contribution is -0.141. The average molecular weight is 417 g/mol. The highest BCUT2D eigenvalue weighted by Gasteiger charge is 2.34. The van der Waals surface area contributed by atoms with Crippen molar-refractivity contribution in [1.82, 2.24) is 14.2 Å². The van der Waals surface area contributed by atoms with Gasteiger partial charge in [0.05, 0.1) is 18.1 Å². The van der Waals surface area contributed by atoms with E-state index in [2.05, 4.69) is 5.10 Å². The van der Waals surface area contributed by atoms with Gasteiger partial charge in [-0.2, -0.15) is 22.8 Å². The van der Waals surface area contributed by atoms with Crippen molar-refractivity contribution in [1.29, 1.82) is 0 Å². The molecule has 4 rings (SSSR count). The Bertz CT molecular complexity index is 1360. The fourth-order valence-corrected chi connectivity index (χ4v) is 3.36. The second kappa shape index (κ2) is 6.90. The Morgan fingerprint density at radius 3 is 2.53 bits per heavy atom. The SMILES string of the molecule is COc1ccc(-c2ccc3c(ccc(=O)n3CC(=O)O)c2)c2cc(C(F)(F)F)nn12. The molecule has 7 nitrogen and oxygen atoms in total. The van der Waals surface area contributed by atoms with Crippen LogP contribution in [0.4, 0.5) is 13.2 Å². The van der Waals surface area contributed by atoms with E-state index >= 15 is 0 Å². The minimum atomic E-state index is -4.62. The number of carbonyl (C=O) groups is 1. The molecule has 0 atom stereocenters. The molecule has 0 aliphatic carbocycles. The van der Waals surface area contributed by atoms with Crippen LogP contribution in [-0.4, -0.2) is 32.4 Å². The molecule has 3 aromatic heterocycles. The summed E-state index contributed by atoms with van der Waals surface area (Å²) in [6, 6.07) is 11.7. The van der Waals surface area contributed by atoms with Crippen LogP contribution < -0.4 is 10.3 Å². The topological polar surface area (TPSA) is 85.8 Å². The third-order valence-corrected chi connectivity index (χ3v) is 4.68. The molecule has 0 radical (unpaired) electrons. The molecule has 10 heteroatoms. The van der Waals surface area contributed by atoms with E-state index in [0.717, 1.165) is 15.1 Å². The summed E-state index contributed by atoms with van der Waals surface area (Å²) in [5.74, 6) is -1.02. The van der Waals surface area contributed by atoms with Crippen molar-refractivity contribution in [2.45, 2.75) is 12.7 Å². The van der Waals surface area contributed by atoms with Crippen molar-refractivity contribution >= 4 is 22.4 Å². The maximum atomic E-state index is 13.2. The van der Waals surface area contributed by atoms with Crippen LogP contribution in [-0.2, 0) is 17.5 Å². The Morgan fingerprint density at radius 2 is 1.87 bits per heavy atom. The third-order valence-electron chi connectivity index (χ3n) is 4.68. The van der Waals surface area contributed by atoms with Crippen molar-refractivity contribution in [3.63, 3.8) is 0 Å². The lowest BCUT2D eigenvalue weighted by Gasteiger charge is -2.11. The second-order valence-electron chi connectivity index (χ2n) is 6.54. The smallest absolute Gasteiger partial charge is 0.435 e. The highest BCUT2D eigenvalue weighted by atomic mass is 19.4. The zero-order valence-electron chi connectivity index (χ0n) is 15.5. The van der Waals surface area contributed by atoms with Crippen LogP contribution in [0.3, 0.4) is 0 Å². The van der Waals surface area contributed by atoms with Crippen molar-refractivity contribution < 1.29 is 27.8 Å². The molecule has 0 amide bonds. The Hall–Kier alpha value is -3.82. The van der Waals surface area contributed by atoms with Gasteiger partial charge in [-0.25, -0.2) is 0 Å². The van der Waals surface area contributed by atoms with E-state index in [0.29, 0.717) is 22.0 Å². The molecular formula is C20H14F3N3O4. The number of rotatable bonds is 4. The number of nitrogens with zero attached hydrogens (tertiary/aromatic N) is 3. The Labute approximate surface area is 166 Å².